The van der Waals surface area contributed by atoms with E-state index < -0.39 is 6.10 Å². The first kappa shape index (κ1) is 17.1. The lowest BCUT2D eigenvalue weighted by Crippen LogP contribution is -2.46. The molecule has 2 fully saturated rings. The normalized spacial score (nSPS) is 23.2. The van der Waals surface area contributed by atoms with E-state index >= 15 is 0 Å². The molecule has 0 unspecified atom stereocenters. The minimum atomic E-state index is -0.404. The third-order valence-electron chi connectivity index (χ3n) is 4.63. The molecule has 2 atom stereocenters. The first-order valence-corrected chi connectivity index (χ1v) is 8.78. The lowest BCUT2D eigenvalue weighted by Gasteiger charge is -2.34. The van der Waals surface area contributed by atoms with Crippen molar-refractivity contribution < 1.29 is 14.3 Å². The maximum Gasteiger partial charge on any atom is 0.251 e. The average molecular weight is 334 g/mol. The van der Waals surface area contributed by atoms with Crippen LogP contribution in [-0.2, 0) is 14.3 Å². The molecule has 7 heteroatoms. The Balaban J connectivity index is 1.39. The van der Waals surface area contributed by atoms with Gasteiger partial charge in [-0.15, -0.1) is 5.10 Å². The van der Waals surface area contributed by atoms with Gasteiger partial charge in [0.1, 0.15) is 11.9 Å². The lowest BCUT2D eigenvalue weighted by atomic mass is 10.0. The van der Waals surface area contributed by atoms with Crippen LogP contribution in [0.4, 0.5) is 5.82 Å². The number of hydrogen-bond donors (Lipinski definition) is 1. The van der Waals surface area contributed by atoms with E-state index in [1.807, 2.05) is 24.0 Å². The van der Waals surface area contributed by atoms with Crippen molar-refractivity contribution in [3.8, 4) is 0 Å². The standard InChI is InChI=1S/C17H26N4O3/c1-13(24-12-15-4-3-11-23-15)17(22)21-9-6-14(7-10-21)19-16-5-2-8-18-20-16/h2,5,8,13-15H,3-4,6-7,9-12H2,1H3,(H,19,20)/t13-,15-/m1/s1. The zero-order valence-corrected chi connectivity index (χ0v) is 14.2. The van der Waals surface area contributed by atoms with Crippen LogP contribution in [-0.4, -0.2) is 65.6 Å². The Kier molecular flexibility index (Phi) is 5.98. The van der Waals surface area contributed by atoms with Crippen molar-refractivity contribution in [3.63, 3.8) is 0 Å². The highest BCUT2D eigenvalue weighted by Gasteiger charge is 2.27. The number of piperidine rings is 1. The summed E-state index contributed by atoms with van der Waals surface area (Å²) in [6, 6.07) is 4.10. The lowest BCUT2D eigenvalue weighted by molar-refractivity contribution is -0.145. The van der Waals surface area contributed by atoms with Crippen molar-refractivity contribution in [2.75, 3.05) is 31.6 Å². The first-order valence-electron chi connectivity index (χ1n) is 8.78. The smallest absolute Gasteiger partial charge is 0.251 e. The molecule has 2 aliphatic heterocycles. The molecule has 24 heavy (non-hydrogen) atoms. The van der Waals surface area contributed by atoms with Crippen LogP contribution in [0.5, 0.6) is 0 Å². The van der Waals surface area contributed by atoms with Gasteiger partial charge in [-0.2, -0.15) is 5.10 Å². The molecular weight excluding hydrogens is 308 g/mol. The predicted octanol–water partition coefficient (Wildman–Crippen LogP) is 1.46. The van der Waals surface area contributed by atoms with E-state index in [9.17, 15) is 4.79 Å². The van der Waals surface area contributed by atoms with Gasteiger partial charge in [0, 0.05) is 31.9 Å². The quantitative estimate of drug-likeness (QED) is 0.849. The number of nitrogens with zero attached hydrogens (tertiary/aromatic N) is 3. The fraction of sp³-hybridized carbons (Fsp3) is 0.706. The van der Waals surface area contributed by atoms with Crippen LogP contribution in [0.15, 0.2) is 18.3 Å². The van der Waals surface area contributed by atoms with E-state index in [2.05, 4.69) is 15.5 Å². The monoisotopic (exact) mass is 334 g/mol. The Morgan fingerprint density at radius 3 is 2.96 bits per heavy atom. The molecule has 1 N–H and O–H groups in total. The van der Waals surface area contributed by atoms with Crippen LogP contribution in [0.2, 0.25) is 0 Å². The Hall–Kier alpha value is -1.73. The fourth-order valence-electron chi connectivity index (χ4n) is 3.19. The molecule has 0 aliphatic carbocycles. The van der Waals surface area contributed by atoms with Gasteiger partial charge in [-0.3, -0.25) is 4.79 Å². The molecule has 1 amide bonds. The molecule has 0 spiro atoms. The van der Waals surface area contributed by atoms with Gasteiger partial charge in [0.05, 0.1) is 12.7 Å². The van der Waals surface area contributed by atoms with Crippen LogP contribution in [0, 0.1) is 0 Å². The molecular formula is C17H26N4O3. The molecule has 0 radical (unpaired) electrons. The van der Waals surface area contributed by atoms with Crippen molar-refractivity contribution >= 4 is 11.7 Å². The summed E-state index contributed by atoms with van der Waals surface area (Å²) >= 11 is 0. The maximum absolute atomic E-state index is 12.5. The zero-order valence-electron chi connectivity index (χ0n) is 14.2. The second kappa shape index (κ2) is 8.39. The van der Waals surface area contributed by atoms with Gasteiger partial charge in [-0.1, -0.05) is 0 Å². The number of ether oxygens (including phenoxy) is 2. The molecule has 1 aromatic rings. The number of hydrogen-bond acceptors (Lipinski definition) is 6. The molecule has 7 nitrogen and oxygen atoms in total. The van der Waals surface area contributed by atoms with E-state index in [1.54, 1.807) is 6.20 Å². The first-order chi connectivity index (χ1) is 11.7. The summed E-state index contributed by atoms with van der Waals surface area (Å²) in [6.45, 7) is 4.64. The highest BCUT2D eigenvalue weighted by Crippen LogP contribution is 2.17. The van der Waals surface area contributed by atoms with Crippen LogP contribution in [0.3, 0.4) is 0 Å². The molecule has 2 saturated heterocycles. The van der Waals surface area contributed by atoms with E-state index in [4.69, 9.17) is 9.47 Å². The summed E-state index contributed by atoms with van der Waals surface area (Å²) in [5, 5.41) is 11.3. The largest absolute Gasteiger partial charge is 0.376 e. The van der Waals surface area contributed by atoms with Gasteiger partial charge >= 0.3 is 0 Å². The van der Waals surface area contributed by atoms with Crippen molar-refractivity contribution in [1.29, 1.82) is 0 Å². The van der Waals surface area contributed by atoms with Crippen molar-refractivity contribution in [3.05, 3.63) is 18.3 Å². The predicted molar refractivity (Wildman–Crippen MR) is 89.6 cm³/mol. The van der Waals surface area contributed by atoms with E-state index in [-0.39, 0.29) is 12.0 Å². The van der Waals surface area contributed by atoms with Gasteiger partial charge < -0.3 is 19.7 Å². The number of likely N-dealkylation sites (tertiary alicyclic amines) is 1. The summed E-state index contributed by atoms with van der Waals surface area (Å²) in [7, 11) is 0. The number of anilines is 1. The Bertz CT molecular complexity index is 514. The molecule has 1 aromatic heterocycles. The molecule has 0 bridgehead atoms. The minimum Gasteiger partial charge on any atom is -0.376 e. The summed E-state index contributed by atoms with van der Waals surface area (Å²) in [6.07, 6.45) is 5.33. The van der Waals surface area contributed by atoms with E-state index in [0.29, 0.717) is 12.6 Å². The van der Waals surface area contributed by atoms with Gasteiger partial charge in [-0.05, 0) is 44.7 Å². The van der Waals surface area contributed by atoms with Crippen LogP contribution in [0.1, 0.15) is 32.6 Å². The minimum absolute atomic E-state index is 0.0750. The van der Waals surface area contributed by atoms with Gasteiger partial charge in [-0.25, -0.2) is 0 Å². The van der Waals surface area contributed by atoms with E-state index in [0.717, 1.165) is 51.2 Å². The molecule has 2 aliphatic rings. The van der Waals surface area contributed by atoms with Crippen molar-refractivity contribution in [2.45, 2.75) is 50.9 Å². The number of carbonyl (C=O) groups excluding carboxylic acids is 1. The van der Waals surface area contributed by atoms with Gasteiger partial charge in [0.25, 0.3) is 5.91 Å². The summed E-state index contributed by atoms with van der Waals surface area (Å²) in [5.41, 5.74) is 0. The second-order valence-electron chi connectivity index (χ2n) is 6.46. The average Bonchev–Trinajstić information content (AvgIpc) is 3.14. The van der Waals surface area contributed by atoms with Crippen molar-refractivity contribution in [2.24, 2.45) is 0 Å². The van der Waals surface area contributed by atoms with E-state index in [1.165, 1.54) is 0 Å². The fourth-order valence-corrected chi connectivity index (χ4v) is 3.19. The third kappa shape index (κ3) is 4.64. The van der Waals surface area contributed by atoms with Crippen LogP contribution >= 0.6 is 0 Å². The Morgan fingerprint density at radius 2 is 2.29 bits per heavy atom. The van der Waals surface area contributed by atoms with Crippen molar-refractivity contribution in [1.82, 2.24) is 15.1 Å². The number of amides is 1. The van der Waals surface area contributed by atoms with Gasteiger partial charge in [0.2, 0.25) is 0 Å². The second-order valence-corrected chi connectivity index (χ2v) is 6.46. The Labute approximate surface area is 142 Å². The summed E-state index contributed by atoms with van der Waals surface area (Å²) < 4.78 is 11.2. The number of nitrogens with one attached hydrogen (secondary N) is 1. The Morgan fingerprint density at radius 1 is 1.46 bits per heavy atom. The van der Waals surface area contributed by atoms with Crippen LogP contribution < -0.4 is 5.32 Å². The zero-order chi connectivity index (χ0) is 16.8. The molecule has 132 valence electrons. The summed E-state index contributed by atoms with van der Waals surface area (Å²) in [4.78, 5) is 14.4. The third-order valence-corrected chi connectivity index (χ3v) is 4.63. The summed E-state index contributed by atoms with van der Waals surface area (Å²) in [5.74, 6) is 0.862. The van der Waals surface area contributed by atoms with Gasteiger partial charge in [0.15, 0.2) is 0 Å². The SMILES string of the molecule is C[C@@H](OC[C@H]1CCCO1)C(=O)N1CCC(Nc2cccnn2)CC1. The molecule has 0 saturated carbocycles. The number of carbonyl (C=O) groups is 1. The highest BCUT2D eigenvalue weighted by molar-refractivity contribution is 5.80. The molecule has 3 rings (SSSR count). The molecule has 3 heterocycles. The molecule has 0 aromatic carbocycles. The number of rotatable bonds is 6. The van der Waals surface area contributed by atoms with Crippen LogP contribution in [0.25, 0.3) is 0 Å². The highest BCUT2D eigenvalue weighted by atomic mass is 16.5. The topological polar surface area (TPSA) is 76.6 Å². The maximum atomic E-state index is 12.5. The number of aromatic nitrogens is 2.